The van der Waals surface area contributed by atoms with Gasteiger partial charge < -0.3 is 19.1 Å². The molecule has 10 heteroatoms. The molecule has 0 N–H and O–H groups in total. The van der Waals surface area contributed by atoms with Crippen LogP contribution < -0.4 is 9.64 Å². The van der Waals surface area contributed by atoms with E-state index in [0.29, 0.717) is 37.7 Å². The van der Waals surface area contributed by atoms with Crippen LogP contribution in [0.4, 0.5) is 11.4 Å². The van der Waals surface area contributed by atoms with Crippen LogP contribution in [-0.4, -0.2) is 49.3 Å². The molecule has 0 spiro atoms. The van der Waals surface area contributed by atoms with Gasteiger partial charge in [0, 0.05) is 30.2 Å². The van der Waals surface area contributed by atoms with Gasteiger partial charge in [0.2, 0.25) is 0 Å². The fourth-order valence-electron chi connectivity index (χ4n) is 3.40. The zero-order chi connectivity index (χ0) is 22.5. The van der Waals surface area contributed by atoms with Crippen molar-refractivity contribution in [2.24, 2.45) is 0 Å². The number of nitro groups is 1. The van der Waals surface area contributed by atoms with Crippen LogP contribution in [0.2, 0.25) is 0 Å². The summed E-state index contributed by atoms with van der Waals surface area (Å²) in [5.74, 6) is -0.0698. The lowest BCUT2D eigenvalue weighted by atomic mass is 10.1. The summed E-state index contributed by atoms with van der Waals surface area (Å²) in [6.07, 6.45) is 0. The topological polar surface area (TPSA) is 104 Å². The number of nitrogens with zero attached hydrogens (tertiary/aromatic N) is 3. The Bertz CT molecular complexity index is 1130. The molecule has 1 fully saturated rings. The number of esters is 1. The lowest BCUT2D eigenvalue weighted by Crippen LogP contribution is -2.36. The molecule has 0 unspecified atom stereocenters. The third kappa shape index (κ3) is 4.71. The number of aromatic nitrogens is 1. The number of carbonyl (C=O) groups excluding carboxylic acids is 1. The second kappa shape index (κ2) is 9.75. The number of rotatable bonds is 7. The minimum atomic E-state index is -0.765. The van der Waals surface area contributed by atoms with Gasteiger partial charge in [0.15, 0.2) is 0 Å². The van der Waals surface area contributed by atoms with Gasteiger partial charge in [-0.15, -0.1) is 11.3 Å². The van der Waals surface area contributed by atoms with Crippen LogP contribution in [0.1, 0.15) is 16.1 Å². The number of para-hydroxylation sites is 1. The van der Waals surface area contributed by atoms with E-state index in [1.54, 1.807) is 18.6 Å². The van der Waals surface area contributed by atoms with E-state index >= 15 is 0 Å². The van der Waals surface area contributed by atoms with Crippen LogP contribution in [-0.2, 0) is 16.1 Å². The summed E-state index contributed by atoms with van der Waals surface area (Å²) in [7, 11) is 1.59. The van der Waals surface area contributed by atoms with Crippen LogP contribution in [0.15, 0.2) is 47.8 Å². The molecule has 2 heterocycles. The fraction of sp³-hybridized carbons (Fsp3) is 0.273. The lowest BCUT2D eigenvalue weighted by molar-refractivity contribution is -0.385. The highest BCUT2D eigenvalue weighted by atomic mass is 32.1. The maximum absolute atomic E-state index is 12.7. The average Bonchev–Trinajstić information content (AvgIpc) is 3.31. The highest BCUT2D eigenvalue weighted by Crippen LogP contribution is 2.32. The summed E-state index contributed by atoms with van der Waals surface area (Å²) in [6, 6.07) is 12.0. The van der Waals surface area contributed by atoms with Gasteiger partial charge in [-0.3, -0.25) is 10.1 Å². The molecular formula is C22H21N3O6S. The quantitative estimate of drug-likeness (QED) is 0.300. The number of hydrogen-bond donors (Lipinski definition) is 0. The number of ether oxygens (including phenoxy) is 3. The highest BCUT2D eigenvalue weighted by molar-refractivity contribution is 7.13. The van der Waals surface area contributed by atoms with Gasteiger partial charge in [-0.1, -0.05) is 12.1 Å². The second-order valence-electron chi connectivity index (χ2n) is 6.98. The van der Waals surface area contributed by atoms with Crippen LogP contribution in [0.5, 0.6) is 5.75 Å². The summed E-state index contributed by atoms with van der Waals surface area (Å²) < 4.78 is 16.1. The molecule has 166 valence electrons. The minimum absolute atomic E-state index is 0.0841. The summed E-state index contributed by atoms with van der Waals surface area (Å²) in [4.78, 5) is 30.1. The van der Waals surface area contributed by atoms with Crippen molar-refractivity contribution in [2.45, 2.75) is 6.61 Å². The van der Waals surface area contributed by atoms with Gasteiger partial charge in [-0.05, 0) is 24.3 Å². The molecule has 1 aromatic heterocycles. The van der Waals surface area contributed by atoms with Gasteiger partial charge in [0.05, 0.1) is 36.5 Å². The molecule has 0 radical (unpaired) electrons. The van der Waals surface area contributed by atoms with Crippen LogP contribution >= 0.6 is 11.3 Å². The smallest absolute Gasteiger partial charge is 0.345 e. The van der Waals surface area contributed by atoms with Gasteiger partial charge >= 0.3 is 5.97 Å². The van der Waals surface area contributed by atoms with Crippen LogP contribution in [0.25, 0.3) is 10.6 Å². The number of carbonyl (C=O) groups is 1. The molecule has 4 rings (SSSR count). The van der Waals surface area contributed by atoms with Crippen molar-refractivity contribution in [3.63, 3.8) is 0 Å². The molecule has 0 atom stereocenters. The molecule has 1 saturated heterocycles. The first-order valence-electron chi connectivity index (χ1n) is 9.93. The third-order valence-corrected chi connectivity index (χ3v) is 5.94. The zero-order valence-electron chi connectivity index (χ0n) is 17.4. The summed E-state index contributed by atoms with van der Waals surface area (Å²) >= 11 is 1.40. The number of methoxy groups -OCH3 is 1. The van der Waals surface area contributed by atoms with E-state index in [4.69, 9.17) is 14.2 Å². The average molecular weight is 455 g/mol. The highest BCUT2D eigenvalue weighted by Gasteiger charge is 2.24. The molecule has 0 amide bonds. The van der Waals surface area contributed by atoms with Gasteiger partial charge in [-0.2, -0.15) is 0 Å². The summed E-state index contributed by atoms with van der Waals surface area (Å²) in [5, 5.41) is 14.0. The van der Waals surface area contributed by atoms with E-state index in [1.807, 2.05) is 29.2 Å². The fourth-order valence-corrected chi connectivity index (χ4v) is 4.23. The number of anilines is 1. The van der Waals surface area contributed by atoms with Crippen molar-refractivity contribution >= 4 is 28.7 Å². The van der Waals surface area contributed by atoms with Gasteiger partial charge in [0.25, 0.3) is 5.69 Å². The first-order valence-corrected chi connectivity index (χ1v) is 10.8. The molecule has 1 aliphatic heterocycles. The summed E-state index contributed by atoms with van der Waals surface area (Å²) in [6.45, 7) is 2.33. The van der Waals surface area contributed by atoms with Crippen molar-refractivity contribution < 1.29 is 23.9 Å². The SMILES string of the molecule is COc1ccccc1-c1nc(COC(=O)c2cc(N3CCOCC3)ccc2[N+](=O)[O-])cs1. The number of hydrogen-bond acceptors (Lipinski definition) is 9. The van der Waals surface area contributed by atoms with Crippen LogP contribution in [0, 0.1) is 10.1 Å². The molecule has 0 saturated carbocycles. The Labute approximate surface area is 188 Å². The van der Waals surface area contributed by atoms with E-state index in [1.165, 1.54) is 23.5 Å². The van der Waals surface area contributed by atoms with Crippen LogP contribution in [0.3, 0.4) is 0 Å². The monoisotopic (exact) mass is 455 g/mol. The molecular weight excluding hydrogens is 434 g/mol. The van der Waals surface area contributed by atoms with E-state index < -0.39 is 10.9 Å². The number of morpholine rings is 1. The lowest BCUT2D eigenvalue weighted by Gasteiger charge is -2.29. The molecule has 1 aliphatic rings. The Hall–Kier alpha value is -3.50. The number of thiazole rings is 1. The van der Waals surface area contributed by atoms with Crippen molar-refractivity contribution in [3.8, 4) is 16.3 Å². The minimum Gasteiger partial charge on any atom is -0.496 e. The van der Waals surface area contributed by atoms with Gasteiger partial charge in [-0.25, -0.2) is 9.78 Å². The predicted molar refractivity (Wildman–Crippen MR) is 119 cm³/mol. The van der Waals surface area contributed by atoms with Crippen molar-refractivity contribution in [1.29, 1.82) is 0 Å². The first-order chi connectivity index (χ1) is 15.6. The molecule has 0 bridgehead atoms. The summed E-state index contributed by atoms with van der Waals surface area (Å²) in [5.41, 5.74) is 1.74. The maximum Gasteiger partial charge on any atom is 0.345 e. The molecule has 2 aromatic carbocycles. The Balaban J connectivity index is 1.50. The molecule has 0 aliphatic carbocycles. The van der Waals surface area contributed by atoms with Crippen molar-refractivity contribution in [2.75, 3.05) is 38.3 Å². The van der Waals surface area contributed by atoms with Crippen molar-refractivity contribution in [1.82, 2.24) is 4.98 Å². The van der Waals surface area contributed by atoms with E-state index in [9.17, 15) is 14.9 Å². The van der Waals surface area contributed by atoms with E-state index in [0.717, 1.165) is 16.3 Å². The number of nitro benzene ring substituents is 1. The Morgan fingerprint density at radius 1 is 1.25 bits per heavy atom. The standard InChI is InChI=1S/C22H21N3O6S/c1-29-20-5-3-2-4-17(20)21-23-15(14-32-21)13-31-22(26)18-12-16(6-7-19(18)25(27)28)24-8-10-30-11-9-24/h2-7,12,14H,8-11,13H2,1H3. The Morgan fingerprint density at radius 3 is 2.78 bits per heavy atom. The first kappa shape index (κ1) is 21.7. The van der Waals surface area contributed by atoms with E-state index in [2.05, 4.69) is 4.98 Å². The Morgan fingerprint density at radius 2 is 2.03 bits per heavy atom. The largest absolute Gasteiger partial charge is 0.496 e. The molecule has 9 nitrogen and oxygen atoms in total. The third-order valence-electron chi connectivity index (χ3n) is 5.01. The molecule has 3 aromatic rings. The predicted octanol–water partition coefficient (Wildman–Crippen LogP) is 3.92. The maximum atomic E-state index is 12.7. The second-order valence-corrected chi connectivity index (χ2v) is 7.84. The van der Waals surface area contributed by atoms with Gasteiger partial charge in [0.1, 0.15) is 22.9 Å². The Kier molecular flexibility index (Phi) is 6.62. The van der Waals surface area contributed by atoms with E-state index in [-0.39, 0.29) is 17.9 Å². The normalized spacial score (nSPS) is 13.6. The number of benzene rings is 2. The van der Waals surface area contributed by atoms with Crippen molar-refractivity contribution in [3.05, 3.63) is 69.2 Å². The molecule has 32 heavy (non-hydrogen) atoms. The zero-order valence-corrected chi connectivity index (χ0v) is 18.2.